The van der Waals surface area contributed by atoms with Gasteiger partial charge in [-0.25, -0.2) is 13.6 Å². The molecule has 1 aromatic rings. The second-order valence-electron chi connectivity index (χ2n) is 15.1. The quantitative estimate of drug-likeness (QED) is 0.214. The van der Waals surface area contributed by atoms with Gasteiger partial charge in [-0.15, -0.1) is 0 Å². The van der Waals surface area contributed by atoms with Gasteiger partial charge in [-0.1, -0.05) is 31.8 Å². The summed E-state index contributed by atoms with van der Waals surface area (Å²) < 4.78 is 34.1. The van der Waals surface area contributed by atoms with E-state index >= 15 is 0 Å². The first-order valence-corrected chi connectivity index (χ1v) is 19.3. The van der Waals surface area contributed by atoms with E-state index in [0.29, 0.717) is 18.9 Å². The maximum atomic E-state index is 14.3. The zero-order valence-electron chi connectivity index (χ0n) is 31.7. The number of halogens is 2. The van der Waals surface area contributed by atoms with Gasteiger partial charge in [0.15, 0.2) is 0 Å². The average Bonchev–Trinajstić information content (AvgIpc) is 3.77. The van der Waals surface area contributed by atoms with E-state index in [-0.39, 0.29) is 43.8 Å². The number of cyclic esters (lactones) is 1. The lowest BCUT2D eigenvalue weighted by Crippen LogP contribution is -2.60. The molecule has 4 aliphatic rings. The predicted octanol–water partition coefficient (Wildman–Crippen LogP) is 1.89. The molecule has 0 unspecified atom stereocenters. The zero-order valence-corrected chi connectivity index (χ0v) is 31.7. The molecule has 1 aliphatic carbocycles. The zero-order chi connectivity index (χ0) is 39.8. The molecule has 5 rings (SSSR count). The van der Waals surface area contributed by atoms with Crippen LogP contribution >= 0.6 is 0 Å². The Morgan fingerprint density at radius 2 is 1.47 bits per heavy atom. The van der Waals surface area contributed by atoms with E-state index in [9.17, 15) is 42.3 Å². The number of carbonyl (C=O) groups excluding carboxylic acids is 7. The first-order valence-electron chi connectivity index (χ1n) is 19.3. The van der Waals surface area contributed by atoms with Crippen LogP contribution in [0, 0.1) is 17.6 Å². The summed E-state index contributed by atoms with van der Waals surface area (Å²) in [6, 6.07) is -4.30. The van der Waals surface area contributed by atoms with Gasteiger partial charge in [0.1, 0.15) is 54.5 Å². The molecule has 16 heteroatoms. The Balaban J connectivity index is 1.43. The number of benzene rings is 1. The molecular weight excluding hydrogens is 718 g/mol. The summed E-state index contributed by atoms with van der Waals surface area (Å²) in [4.78, 5) is 99.2. The van der Waals surface area contributed by atoms with Crippen LogP contribution in [0.1, 0.15) is 83.6 Å². The summed E-state index contributed by atoms with van der Waals surface area (Å²) in [6.07, 6.45) is 10.4. The van der Waals surface area contributed by atoms with Crippen LogP contribution in [-0.4, -0.2) is 119 Å². The summed E-state index contributed by atoms with van der Waals surface area (Å²) in [5.74, 6) is -6.35. The first kappa shape index (κ1) is 41.3. The third-order valence-corrected chi connectivity index (χ3v) is 11.1. The number of allylic oxidation sites excluding steroid dienone is 1. The highest BCUT2D eigenvalue weighted by Gasteiger charge is 2.43. The fraction of sp³-hybridized carbons (Fsp3) is 0.615. The van der Waals surface area contributed by atoms with Crippen LogP contribution in [0.4, 0.5) is 8.78 Å². The minimum Gasteiger partial charge on any atom is -0.461 e. The SMILES string of the molecule is C[C@@H]1NC(=O)[C@H](C)N(C)C(=O)[C@@H]2CCCN2C(=O)[C@@H](NC(=O)[C@H](Cc2cc(F)cc(F)c2)NC(=O)/C=C/C2CCCCCC2)COC(=O)[C@@H]2CCCN2C1=O. The number of ether oxygens (including phenoxy) is 1. The Labute approximate surface area is 319 Å². The predicted molar refractivity (Wildman–Crippen MR) is 195 cm³/mol. The summed E-state index contributed by atoms with van der Waals surface area (Å²) in [5, 5.41) is 7.84. The van der Waals surface area contributed by atoms with Crippen molar-refractivity contribution >= 4 is 41.4 Å². The van der Waals surface area contributed by atoms with Crippen LogP contribution in [0.15, 0.2) is 30.4 Å². The number of nitrogens with one attached hydrogen (secondary N) is 3. The molecule has 0 spiro atoms. The van der Waals surface area contributed by atoms with E-state index in [1.165, 1.54) is 41.7 Å². The Morgan fingerprint density at radius 3 is 2.13 bits per heavy atom. The number of nitrogens with zero attached hydrogens (tertiary/aromatic N) is 3. The Hall–Kier alpha value is -4.89. The van der Waals surface area contributed by atoms with Crippen molar-refractivity contribution in [2.45, 2.75) is 121 Å². The molecular formula is C39H52F2N6O8. The third kappa shape index (κ3) is 10.5. The second-order valence-corrected chi connectivity index (χ2v) is 15.1. The Bertz CT molecular complexity index is 1650. The lowest BCUT2D eigenvalue weighted by Gasteiger charge is -2.34. The maximum absolute atomic E-state index is 14.3. The number of rotatable bonds is 7. The summed E-state index contributed by atoms with van der Waals surface area (Å²) in [7, 11) is 1.42. The molecule has 55 heavy (non-hydrogen) atoms. The van der Waals surface area contributed by atoms with Crippen molar-refractivity contribution in [3.8, 4) is 0 Å². The number of likely N-dealkylation sites (N-methyl/N-ethyl adjacent to an activating group) is 1. The Morgan fingerprint density at radius 1 is 0.855 bits per heavy atom. The summed E-state index contributed by atoms with van der Waals surface area (Å²) >= 11 is 0. The van der Waals surface area contributed by atoms with Crippen LogP contribution in [0.5, 0.6) is 0 Å². The van der Waals surface area contributed by atoms with Gasteiger partial charge in [-0.2, -0.15) is 0 Å². The molecule has 1 aromatic carbocycles. The topological polar surface area (TPSA) is 175 Å². The van der Waals surface area contributed by atoms with Gasteiger partial charge in [-0.05, 0) is 82.1 Å². The monoisotopic (exact) mass is 770 g/mol. The number of amides is 6. The van der Waals surface area contributed by atoms with Crippen molar-refractivity contribution in [1.29, 1.82) is 0 Å². The minimum absolute atomic E-state index is 0.0630. The van der Waals surface area contributed by atoms with Gasteiger partial charge < -0.3 is 35.4 Å². The fourth-order valence-electron chi connectivity index (χ4n) is 7.84. The van der Waals surface area contributed by atoms with Crippen molar-refractivity contribution in [2.24, 2.45) is 5.92 Å². The number of carbonyl (C=O) groups is 7. The molecule has 6 atom stereocenters. The van der Waals surface area contributed by atoms with Crippen LogP contribution < -0.4 is 16.0 Å². The summed E-state index contributed by atoms with van der Waals surface area (Å²) in [5.41, 5.74) is 0.0630. The number of esters is 1. The van der Waals surface area contributed by atoms with E-state index in [1.54, 1.807) is 6.08 Å². The van der Waals surface area contributed by atoms with Crippen LogP contribution in [0.25, 0.3) is 0 Å². The molecule has 3 heterocycles. The number of fused-ring (bicyclic) bond motifs is 2. The lowest BCUT2D eigenvalue weighted by molar-refractivity contribution is -0.158. The summed E-state index contributed by atoms with van der Waals surface area (Å²) in [6.45, 7) is 2.66. The van der Waals surface area contributed by atoms with Crippen molar-refractivity contribution in [3.05, 3.63) is 47.5 Å². The van der Waals surface area contributed by atoms with Crippen molar-refractivity contribution in [2.75, 3.05) is 26.7 Å². The number of hydrogen-bond acceptors (Lipinski definition) is 8. The highest BCUT2D eigenvalue weighted by atomic mass is 19.1. The molecule has 3 saturated heterocycles. The van der Waals surface area contributed by atoms with Crippen molar-refractivity contribution < 1.29 is 47.1 Å². The smallest absolute Gasteiger partial charge is 0.328 e. The first-order chi connectivity index (χ1) is 26.2. The molecule has 1 saturated carbocycles. The minimum atomic E-state index is -1.56. The average molecular weight is 771 g/mol. The van der Waals surface area contributed by atoms with E-state index in [0.717, 1.165) is 50.7 Å². The molecule has 3 N–H and O–H groups in total. The van der Waals surface area contributed by atoms with Gasteiger partial charge in [0.05, 0.1) is 0 Å². The van der Waals surface area contributed by atoms with E-state index < -0.39 is 95.9 Å². The number of hydrogen-bond donors (Lipinski definition) is 3. The lowest BCUT2D eigenvalue weighted by atomic mass is 10.00. The van der Waals surface area contributed by atoms with Gasteiger partial charge in [0.2, 0.25) is 35.4 Å². The molecule has 300 valence electrons. The molecule has 4 fully saturated rings. The van der Waals surface area contributed by atoms with Gasteiger partial charge in [0.25, 0.3) is 0 Å². The molecule has 14 nitrogen and oxygen atoms in total. The van der Waals surface area contributed by atoms with E-state index in [2.05, 4.69) is 16.0 Å². The molecule has 0 radical (unpaired) electrons. The van der Waals surface area contributed by atoms with Crippen LogP contribution in [0.3, 0.4) is 0 Å². The standard InChI is InChI=1S/C39H52F2N6O8/c1-23-36(51)47-17-9-13-32(47)39(54)55-22-30(37(52)46-16-8-12-31(46)38(53)45(3)24(2)34(49)42-23)44-35(50)29(20-26-18-27(40)21-28(41)19-26)43-33(48)15-14-25-10-6-4-5-7-11-25/h14-15,18-19,21,23-25,29-32H,4-13,16-17,20,22H2,1-3H3,(H,42,49)(H,43,48)(H,44,50)/b15-14+/t23-,24-,29-,30-,31-,32-/m0/s1. The molecule has 6 amide bonds. The normalized spacial score (nSPS) is 27.0. The Kier molecular flexibility index (Phi) is 14.0. The molecule has 3 aliphatic heterocycles. The van der Waals surface area contributed by atoms with Gasteiger partial charge >= 0.3 is 5.97 Å². The van der Waals surface area contributed by atoms with Crippen molar-refractivity contribution in [1.82, 2.24) is 30.7 Å². The van der Waals surface area contributed by atoms with Crippen molar-refractivity contribution in [3.63, 3.8) is 0 Å². The molecule has 0 bridgehead atoms. The van der Waals surface area contributed by atoms with E-state index in [4.69, 9.17) is 4.74 Å². The highest BCUT2D eigenvalue weighted by Crippen LogP contribution is 2.25. The van der Waals surface area contributed by atoms with Gasteiger partial charge in [-0.3, -0.25) is 28.8 Å². The van der Waals surface area contributed by atoms with Gasteiger partial charge in [0, 0.05) is 32.6 Å². The van der Waals surface area contributed by atoms with Crippen LogP contribution in [-0.2, 0) is 44.7 Å². The molecule has 0 aromatic heterocycles. The second kappa shape index (κ2) is 18.6. The third-order valence-electron chi connectivity index (χ3n) is 11.1. The van der Waals surface area contributed by atoms with E-state index in [1.807, 2.05) is 0 Å². The fourth-order valence-corrected chi connectivity index (χ4v) is 7.84. The highest BCUT2D eigenvalue weighted by molar-refractivity contribution is 5.98. The maximum Gasteiger partial charge on any atom is 0.328 e. The van der Waals surface area contributed by atoms with Crippen LogP contribution in [0.2, 0.25) is 0 Å². The largest absolute Gasteiger partial charge is 0.461 e.